The second-order valence-electron chi connectivity index (χ2n) is 10.7. The summed E-state index contributed by atoms with van der Waals surface area (Å²) in [6.45, 7) is 5.25. The highest BCUT2D eigenvalue weighted by Crippen LogP contribution is 2.39. The summed E-state index contributed by atoms with van der Waals surface area (Å²) >= 11 is 0. The Kier molecular flexibility index (Phi) is 8.95. The second kappa shape index (κ2) is 12.0. The predicted molar refractivity (Wildman–Crippen MR) is 149 cm³/mol. The van der Waals surface area contributed by atoms with Crippen molar-refractivity contribution in [1.82, 2.24) is 9.88 Å². The third kappa shape index (κ3) is 6.84. The van der Waals surface area contributed by atoms with Gasteiger partial charge in [0.15, 0.2) is 0 Å². The van der Waals surface area contributed by atoms with Crippen LogP contribution in [0.3, 0.4) is 0 Å². The second-order valence-corrected chi connectivity index (χ2v) is 12.8. The maximum atomic E-state index is 12.5. The normalized spacial score (nSPS) is 23.7. The first-order chi connectivity index (χ1) is 18.1. The number of sulfonamides is 1. The number of aliphatic carboxylic acids is 1. The number of carboxylic acid groups (broad SMARTS) is 1. The summed E-state index contributed by atoms with van der Waals surface area (Å²) in [5.74, 6) is 1.28. The molecule has 1 aromatic carbocycles. The van der Waals surface area contributed by atoms with E-state index >= 15 is 0 Å². The van der Waals surface area contributed by atoms with Gasteiger partial charge in [0, 0.05) is 39.7 Å². The summed E-state index contributed by atoms with van der Waals surface area (Å²) in [5, 5.41) is 10.3. The average Bonchev–Trinajstić information content (AvgIpc) is 3.59. The van der Waals surface area contributed by atoms with Crippen molar-refractivity contribution in [1.29, 1.82) is 0 Å². The summed E-state index contributed by atoms with van der Waals surface area (Å²) in [6, 6.07) is 12.9. The molecule has 9 nitrogen and oxygen atoms in total. The van der Waals surface area contributed by atoms with E-state index in [1.807, 2.05) is 41.3 Å². The van der Waals surface area contributed by atoms with E-state index in [9.17, 15) is 18.3 Å². The zero-order valence-corrected chi connectivity index (χ0v) is 23.6. The Labute approximate surface area is 226 Å². The molecule has 1 aliphatic carbocycles. The molecule has 4 rings (SSSR count). The lowest BCUT2D eigenvalue weighted by molar-refractivity contribution is -0.145. The van der Waals surface area contributed by atoms with Gasteiger partial charge in [0.25, 0.3) is 0 Å². The van der Waals surface area contributed by atoms with Gasteiger partial charge in [-0.3, -0.25) is 14.0 Å². The number of carbonyl (C=O) groups is 1. The zero-order chi connectivity index (χ0) is 27.4. The number of methoxy groups -OCH3 is 1. The molecule has 1 N–H and O–H groups in total. The van der Waals surface area contributed by atoms with E-state index in [1.165, 1.54) is 11.4 Å². The van der Waals surface area contributed by atoms with Crippen LogP contribution in [0.15, 0.2) is 42.5 Å². The zero-order valence-electron chi connectivity index (χ0n) is 22.8. The largest absolute Gasteiger partial charge is 0.480 e. The smallest absolute Gasteiger partial charge is 0.321 e. The Morgan fingerprint density at radius 3 is 2.50 bits per heavy atom. The first-order valence-electron chi connectivity index (χ1n) is 13.3. The number of ether oxygens (including phenoxy) is 1. The number of benzene rings is 1. The molecule has 4 atom stereocenters. The average molecular weight is 545 g/mol. The van der Waals surface area contributed by atoms with Crippen LogP contribution in [0.4, 0.5) is 11.6 Å². The molecular weight excluding hydrogens is 504 g/mol. The van der Waals surface area contributed by atoms with Gasteiger partial charge < -0.3 is 14.7 Å². The monoisotopic (exact) mass is 544 g/mol. The van der Waals surface area contributed by atoms with Gasteiger partial charge in [0.2, 0.25) is 10.0 Å². The Balaban J connectivity index is 1.69. The van der Waals surface area contributed by atoms with Crippen LogP contribution in [-0.2, 0) is 26.1 Å². The summed E-state index contributed by atoms with van der Waals surface area (Å²) in [5.41, 5.74) is 1.87. The molecule has 0 radical (unpaired) electrons. The third-order valence-corrected chi connectivity index (χ3v) is 9.08. The molecule has 1 aliphatic heterocycles. The van der Waals surface area contributed by atoms with Crippen LogP contribution in [0.1, 0.15) is 43.2 Å². The first kappa shape index (κ1) is 28.3. The molecular formula is C28H40N4O5S. The number of carboxylic acids is 1. The first-order valence-corrected chi connectivity index (χ1v) is 15.1. The molecule has 0 bridgehead atoms. The van der Waals surface area contributed by atoms with Gasteiger partial charge >= 0.3 is 5.97 Å². The SMILES string of the molecule is COCCN(C[C@H]1C[C@@H]1C)c1cc(CN2CCCC(c3ccccc3)C2C(=O)O)cc(N(C)S(C)(=O)=O)n1. The van der Waals surface area contributed by atoms with Gasteiger partial charge in [-0.15, -0.1) is 0 Å². The number of pyridine rings is 1. The molecule has 2 aromatic rings. The van der Waals surface area contributed by atoms with Crippen molar-refractivity contribution < 1.29 is 23.1 Å². The number of hydrogen-bond donors (Lipinski definition) is 1. The Bertz CT molecular complexity index is 1210. The van der Waals surface area contributed by atoms with E-state index in [2.05, 4.69) is 11.8 Å². The van der Waals surface area contributed by atoms with Crippen LogP contribution in [-0.4, -0.2) is 82.1 Å². The molecule has 2 fully saturated rings. The van der Waals surface area contributed by atoms with Crippen LogP contribution >= 0.6 is 0 Å². The molecule has 2 aliphatic rings. The minimum atomic E-state index is -3.53. The van der Waals surface area contributed by atoms with Gasteiger partial charge in [-0.05, 0) is 60.9 Å². The molecule has 0 amide bonds. The highest BCUT2D eigenvalue weighted by atomic mass is 32.2. The number of aromatic nitrogens is 1. The van der Waals surface area contributed by atoms with Gasteiger partial charge in [0.05, 0.1) is 12.9 Å². The minimum absolute atomic E-state index is 0.114. The fourth-order valence-corrected chi connectivity index (χ4v) is 5.87. The Hall–Kier alpha value is -2.69. The van der Waals surface area contributed by atoms with Gasteiger partial charge in [-0.1, -0.05) is 37.3 Å². The Morgan fingerprint density at radius 1 is 1.21 bits per heavy atom. The van der Waals surface area contributed by atoms with Crippen LogP contribution in [0.2, 0.25) is 0 Å². The standard InChI is InChI=1S/C28H40N4O5S/c1-20-15-23(20)19-31(13-14-37-3)26-17-21(16-25(29-26)30(2)38(4,35)36)18-32-12-8-11-24(27(32)28(33)34)22-9-6-5-7-10-22/h5-7,9-10,16-17,20,23-24,27H,8,11-15,18-19H2,1-4H3,(H,33,34)/t20-,23+,24?,27?/m0/s1. The quantitative estimate of drug-likeness (QED) is 0.434. The number of nitrogens with zero attached hydrogens (tertiary/aromatic N) is 4. The fraction of sp³-hybridized carbons (Fsp3) is 0.571. The highest BCUT2D eigenvalue weighted by Gasteiger charge is 2.38. The van der Waals surface area contributed by atoms with Crippen LogP contribution in [0, 0.1) is 11.8 Å². The molecule has 1 saturated heterocycles. The molecule has 2 unspecified atom stereocenters. The summed E-state index contributed by atoms with van der Waals surface area (Å²) in [6.07, 6.45) is 4.02. The molecule has 1 saturated carbocycles. The summed E-state index contributed by atoms with van der Waals surface area (Å²) in [4.78, 5) is 21.5. The van der Waals surface area contributed by atoms with Crippen molar-refractivity contribution in [3.05, 3.63) is 53.6 Å². The van der Waals surface area contributed by atoms with E-state index in [0.29, 0.717) is 49.7 Å². The molecule has 1 aromatic heterocycles. The number of piperidine rings is 1. The summed E-state index contributed by atoms with van der Waals surface area (Å²) < 4.78 is 31.4. The van der Waals surface area contributed by atoms with E-state index in [0.717, 1.165) is 43.2 Å². The number of anilines is 2. The van der Waals surface area contributed by atoms with Crippen molar-refractivity contribution in [2.24, 2.45) is 11.8 Å². The topological polar surface area (TPSA) is 103 Å². The van der Waals surface area contributed by atoms with Crippen molar-refractivity contribution in [3.8, 4) is 0 Å². The molecule has 0 spiro atoms. The van der Waals surface area contributed by atoms with Crippen LogP contribution in [0.25, 0.3) is 0 Å². The number of hydrogen-bond acceptors (Lipinski definition) is 7. The lowest BCUT2D eigenvalue weighted by atomic mass is 9.83. The van der Waals surface area contributed by atoms with Gasteiger partial charge in [0.1, 0.15) is 17.7 Å². The molecule has 38 heavy (non-hydrogen) atoms. The Morgan fingerprint density at radius 2 is 1.89 bits per heavy atom. The lowest BCUT2D eigenvalue weighted by Crippen LogP contribution is -2.48. The predicted octanol–water partition coefficient (Wildman–Crippen LogP) is 3.42. The maximum absolute atomic E-state index is 12.5. The third-order valence-electron chi connectivity index (χ3n) is 7.90. The van der Waals surface area contributed by atoms with E-state index in [-0.39, 0.29) is 5.92 Å². The van der Waals surface area contributed by atoms with Gasteiger partial charge in [-0.25, -0.2) is 13.4 Å². The highest BCUT2D eigenvalue weighted by molar-refractivity contribution is 7.92. The van der Waals surface area contributed by atoms with E-state index in [4.69, 9.17) is 9.72 Å². The van der Waals surface area contributed by atoms with Crippen molar-refractivity contribution in [3.63, 3.8) is 0 Å². The van der Waals surface area contributed by atoms with Crippen molar-refractivity contribution >= 4 is 27.6 Å². The van der Waals surface area contributed by atoms with Crippen LogP contribution in [0.5, 0.6) is 0 Å². The van der Waals surface area contributed by atoms with Crippen molar-refractivity contribution in [2.45, 2.75) is 44.7 Å². The van der Waals surface area contributed by atoms with Crippen molar-refractivity contribution in [2.75, 3.05) is 55.9 Å². The number of likely N-dealkylation sites (tertiary alicyclic amines) is 1. The van der Waals surface area contributed by atoms with E-state index < -0.39 is 22.0 Å². The molecule has 2 heterocycles. The van der Waals surface area contributed by atoms with Gasteiger partial charge in [-0.2, -0.15) is 0 Å². The molecule has 208 valence electrons. The maximum Gasteiger partial charge on any atom is 0.321 e. The fourth-order valence-electron chi connectivity index (χ4n) is 5.43. The van der Waals surface area contributed by atoms with E-state index in [1.54, 1.807) is 13.2 Å². The summed E-state index contributed by atoms with van der Waals surface area (Å²) in [7, 11) is -0.371. The van der Waals surface area contributed by atoms with Crippen LogP contribution < -0.4 is 9.21 Å². The molecule has 10 heteroatoms. The number of rotatable bonds is 12. The lowest BCUT2D eigenvalue weighted by Gasteiger charge is -2.39. The minimum Gasteiger partial charge on any atom is -0.480 e.